The van der Waals surface area contributed by atoms with Crippen molar-refractivity contribution in [1.82, 2.24) is 10.7 Å². The molecule has 2 amide bonds. The van der Waals surface area contributed by atoms with Crippen molar-refractivity contribution in [3.8, 4) is 17.2 Å². The predicted molar refractivity (Wildman–Crippen MR) is 101 cm³/mol. The number of phenols is 1. The van der Waals surface area contributed by atoms with E-state index < -0.39 is 11.8 Å². The van der Waals surface area contributed by atoms with Crippen molar-refractivity contribution in [3.63, 3.8) is 0 Å². The van der Waals surface area contributed by atoms with Crippen LogP contribution in [0.2, 0.25) is 5.02 Å². The maximum absolute atomic E-state index is 12.1. The van der Waals surface area contributed by atoms with Crippen LogP contribution < -0.4 is 20.2 Å². The molecule has 0 saturated heterocycles. The number of amides is 2. The number of carbonyl (C=O) groups excluding carboxylic acids is 2. The Morgan fingerprint density at radius 3 is 2.59 bits per heavy atom. The van der Waals surface area contributed by atoms with Gasteiger partial charge in [0.1, 0.15) is 5.75 Å². The molecule has 9 heteroatoms. The minimum atomic E-state index is -0.540. The molecule has 2 aromatic rings. The molecule has 3 N–H and O–H groups in total. The van der Waals surface area contributed by atoms with E-state index in [9.17, 15) is 14.7 Å². The summed E-state index contributed by atoms with van der Waals surface area (Å²) in [6.07, 6.45) is 1.25. The molecule has 0 aromatic heterocycles. The molecule has 142 valence electrons. The van der Waals surface area contributed by atoms with Gasteiger partial charge in [-0.15, -0.1) is 0 Å². The predicted octanol–water partition coefficient (Wildman–Crippen LogP) is 1.94. The number of phenolic OH excluding ortho intramolecular Hbond substituents is 1. The highest BCUT2D eigenvalue weighted by Crippen LogP contribution is 2.27. The molecule has 8 nitrogen and oxygen atoms in total. The average molecular weight is 392 g/mol. The van der Waals surface area contributed by atoms with E-state index in [-0.39, 0.29) is 12.3 Å². The van der Waals surface area contributed by atoms with Crippen molar-refractivity contribution < 1.29 is 24.2 Å². The van der Waals surface area contributed by atoms with E-state index in [2.05, 4.69) is 15.8 Å². The average Bonchev–Trinajstić information content (AvgIpc) is 2.68. The first-order valence-electron chi connectivity index (χ1n) is 7.75. The topological polar surface area (TPSA) is 109 Å². The monoisotopic (exact) mass is 391 g/mol. The molecule has 0 saturated carbocycles. The number of nitrogens with zero attached hydrogens (tertiary/aromatic N) is 1. The number of hydrogen-bond donors (Lipinski definition) is 3. The highest BCUT2D eigenvalue weighted by Gasteiger charge is 2.11. The van der Waals surface area contributed by atoms with Gasteiger partial charge in [0.25, 0.3) is 11.8 Å². The molecule has 0 bridgehead atoms. The molecule has 0 atom stereocenters. The molecule has 2 aromatic carbocycles. The standard InChI is InChI=1S/C18H18ClN3O5/c1-26-15-6-3-11(8-16(15)27-2)18(25)20-10-17(24)22-21-9-12-7-13(19)4-5-14(12)23/h3-9,23H,10H2,1-2H3,(H,20,25)(H,22,24). The summed E-state index contributed by atoms with van der Waals surface area (Å²) in [5, 5.41) is 16.2. The zero-order chi connectivity index (χ0) is 19.8. The number of benzene rings is 2. The lowest BCUT2D eigenvalue weighted by atomic mass is 10.2. The fraction of sp³-hybridized carbons (Fsp3) is 0.167. The van der Waals surface area contributed by atoms with Gasteiger partial charge in [-0.1, -0.05) is 11.6 Å². The lowest BCUT2D eigenvalue weighted by Crippen LogP contribution is -2.34. The van der Waals surface area contributed by atoms with Crippen LogP contribution in [-0.4, -0.2) is 43.9 Å². The number of ether oxygens (including phenoxy) is 2. The summed E-state index contributed by atoms with van der Waals surface area (Å²) in [5.41, 5.74) is 2.90. The molecule has 0 spiro atoms. The van der Waals surface area contributed by atoms with Gasteiger partial charge in [0, 0.05) is 16.1 Å². The summed E-state index contributed by atoms with van der Waals surface area (Å²) < 4.78 is 10.2. The Morgan fingerprint density at radius 1 is 1.15 bits per heavy atom. The Labute approximate surface area is 160 Å². The largest absolute Gasteiger partial charge is 0.507 e. The zero-order valence-electron chi connectivity index (χ0n) is 14.7. The normalized spacial score (nSPS) is 10.5. The highest BCUT2D eigenvalue weighted by molar-refractivity contribution is 6.30. The second-order valence-electron chi connectivity index (χ2n) is 5.25. The first-order chi connectivity index (χ1) is 12.9. The number of carbonyl (C=O) groups is 2. The zero-order valence-corrected chi connectivity index (χ0v) is 15.4. The third-order valence-corrected chi connectivity index (χ3v) is 3.67. The molecule has 0 aliphatic carbocycles. The van der Waals surface area contributed by atoms with E-state index in [4.69, 9.17) is 21.1 Å². The summed E-state index contributed by atoms with van der Waals surface area (Å²) in [6, 6.07) is 9.08. The third kappa shape index (κ3) is 5.61. The van der Waals surface area contributed by atoms with Gasteiger partial charge >= 0.3 is 0 Å². The van der Waals surface area contributed by atoms with Gasteiger partial charge < -0.3 is 19.9 Å². The SMILES string of the molecule is COc1ccc(C(=O)NCC(=O)NN=Cc2cc(Cl)ccc2O)cc1OC. The van der Waals surface area contributed by atoms with Crippen LogP contribution >= 0.6 is 11.6 Å². The number of methoxy groups -OCH3 is 2. The third-order valence-electron chi connectivity index (χ3n) is 3.44. The first kappa shape index (κ1) is 20.1. The van der Waals surface area contributed by atoms with Crippen LogP contribution in [-0.2, 0) is 4.79 Å². The maximum atomic E-state index is 12.1. The van der Waals surface area contributed by atoms with E-state index in [0.717, 1.165) is 0 Å². The van der Waals surface area contributed by atoms with Gasteiger partial charge in [0.15, 0.2) is 11.5 Å². The van der Waals surface area contributed by atoms with Gasteiger partial charge in [0.2, 0.25) is 0 Å². The fourth-order valence-electron chi connectivity index (χ4n) is 2.08. The number of hydrazone groups is 1. The second kappa shape index (κ2) is 9.44. The number of hydrogen-bond acceptors (Lipinski definition) is 6. The molecule has 0 aliphatic heterocycles. The van der Waals surface area contributed by atoms with E-state index >= 15 is 0 Å². The fourth-order valence-corrected chi connectivity index (χ4v) is 2.26. The highest BCUT2D eigenvalue weighted by atomic mass is 35.5. The van der Waals surface area contributed by atoms with E-state index in [0.29, 0.717) is 27.6 Å². The van der Waals surface area contributed by atoms with Gasteiger partial charge in [-0.05, 0) is 36.4 Å². The van der Waals surface area contributed by atoms with Crippen LogP contribution in [0.5, 0.6) is 17.2 Å². The van der Waals surface area contributed by atoms with Crippen molar-refractivity contribution in [2.75, 3.05) is 20.8 Å². The molecule has 0 radical (unpaired) electrons. The molecule has 2 rings (SSSR count). The van der Waals surface area contributed by atoms with Crippen LogP contribution in [0.3, 0.4) is 0 Å². The molecular formula is C18H18ClN3O5. The summed E-state index contributed by atoms with van der Waals surface area (Å²) in [6.45, 7) is -0.286. The van der Waals surface area contributed by atoms with Crippen LogP contribution in [0.1, 0.15) is 15.9 Å². The Hall–Kier alpha value is -3.26. The van der Waals surface area contributed by atoms with Gasteiger partial charge in [-0.25, -0.2) is 5.43 Å². The maximum Gasteiger partial charge on any atom is 0.259 e. The van der Waals surface area contributed by atoms with Crippen molar-refractivity contribution in [3.05, 3.63) is 52.5 Å². The van der Waals surface area contributed by atoms with Crippen LogP contribution in [0.4, 0.5) is 0 Å². The molecule has 0 unspecified atom stereocenters. The van der Waals surface area contributed by atoms with Gasteiger partial charge in [0.05, 0.1) is 27.0 Å². The number of halogens is 1. The molecular weight excluding hydrogens is 374 g/mol. The van der Waals surface area contributed by atoms with Gasteiger partial charge in [-0.2, -0.15) is 5.10 Å². The van der Waals surface area contributed by atoms with Crippen molar-refractivity contribution >= 4 is 29.6 Å². The van der Waals surface area contributed by atoms with E-state index in [1.807, 2.05) is 0 Å². The van der Waals surface area contributed by atoms with Crippen molar-refractivity contribution in [1.29, 1.82) is 0 Å². The molecule has 27 heavy (non-hydrogen) atoms. The second-order valence-corrected chi connectivity index (χ2v) is 5.69. The lowest BCUT2D eigenvalue weighted by molar-refractivity contribution is -0.120. The van der Waals surface area contributed by atoms with Crippen LogP contribution in [0.25, 0.3) is 0 Å². The summed E-state index contributed by atoms with van der Waals surface area (Å²) in [4.78, 5) is 23.9. The summed E-state index contributed by atoms with van der Waals surface area (Å²) in [5.74, 6) is -0.130. The quantitative estimate of drug-likeness (QED) is 0.493. The van der Waals surface area contributed by atoms with Crippen molar-refractivity contribution in [2.24, 2.45) is 5.10 Å². The number of nitrogens with one attached hydrogen (secondary N) is 2. The smallest absolute Gasteiger partial charge is 0.259 e. The Kier molecular flexibility index (Phi) is 7.01. The number of aromatic hydroxyl groups is 1. The van der Waals surface area contributed by atoms with Gasteiger partial charge in [-0.3, -0.25) is 9.59 Å². The van der Waals surface area contributed by atoms with E-state index in [1.54, 1.807) is 12.1 Å². The Morgan fingerprint density at radius 2 is 1.89 bits per heavy atom. The number of rotatable bonds is 7. The first-order valence-corrected chi connectivity index (χ1v) is 8.13. The molecule has 0 heterocycles. The summed E-state index contributed by atoms with van der Waals surface area (Å²) >= 11 is 5.82. The molecule has 0 aliphatic rings. The van der Waals surface area contributed by atoms with E-state index in [1.165, 1.54) is 44.7 Å². The van der Waals surface area contributed by atoms with Crippen LogP contribution in [0, 0.1) is 0 Å². The minimum Gasteiger partial charge on any atom is -0.507 e. The van der Waals surface area contributed by atoms with Crippen molar-refractivity contribution in [2.45, 2.75) is 0 Å². The molecule has 0 fully saturated rings. The Bertz CT molecular complexity index is 870. The Balaban J connectivity index is 1.89. The lowest BCUT2D eigenvalue weighted by Gasteiger charge is -2.09. The summed E-state index contributed by atoms with van der Waals surface area (Å²) in [7, 11) is 2.95. The minimum absolute atomic E-state index is 0.0286. The van der Waals surface area contributed by atoms with Crippen LogP contribution in [0.15, 0.2) is 41.5 Å².